The lowest BCUT2D eigenvalue weighted by atomic mass is 10.0. The van der Waals surface area contributed by atoms with Crippen LogP contribution in [0.1, 0.15) is 52.5 Å². The molecule has 0 aliphatic carbocycles. The molecule has 1 fully saturated rings. The fourth-order valence-electron chi connectivity index (χ4n) is 3.60. The molecule has 3 atom stereocenters. The summed E-state index contributed by atoms with van der Waals surface area (Å²) in [5.74, 6) is -1.34. The van der Waals surface area contributed by atoms with E-state index in [-0.39, 0.29) is 24.3 Å². The quantitative estimate of drug-likeness (QED) is 0.580. The maximum Gasteiger partial charge on any atom is 0.328 e. The Bertz CT molecular complexity index is 781. The van der Waals surface area contributed by atoms with E-state index in [0.29, 0.717) is 19.4 Å². The van der Waals surface area contributed by atoms with Crippen LogP contribution in [0, 0.1) is 5.92 Å². The van der Waals surface area contributed by atoms with Gasteiger partial charge in [0.25, 0.3) is 0 Å². The minimum absolute atomic E-state index is 0.124. The van der Waals surface area contributed by atoms with Gasteiger partial charge >= 0.3 is 5.97 Å². The molecule has 1 aromatic carbocycles. The second kappa shape index (κ2) is 11.5. The molecule has 170 valence electrons. The largest absolute Gasteiger partial charge is 0.459 e. The van der Waals surface area contributed by atoms with Crippen LogP contribution < -0.4 is 10.6 Å². The number of hydrogen-bond acceptors (Lipinski definition) is 5. The molecule has 8 nitrogen and oxygen atoms in total. The van der Waals surface area contributed by atoms with Crippen LogP contribution in [-0.2, 0) is 30.5 Å². The standard InChI is InChI=1S/C23H33N3O5/c1-15(2)13-19(23(30)31-14-18-9-6-5-7-10-18)25-21(28)16(3)24-22(29)20-11-8-12-26(20)17(4)27/h5-7,9-10,15-16,19-20H,8,11-14H2,1-4H3,(H,24,29)(H,25,28). The average Bonchev–Trinajstić information content (AvgIpc) is 3.22. The third-order valence-electron chi connectivity index (χ3n) is 5.24. The zero-order chi connectivity index (χ0) is 23.0. The fourth-order valence-corrected chi connectivity index (χ4v) is 3.60. The van der Waals surface area contributed by atoms with E-state index in [1.54, 1.807) is 6.92 Å². The summed E-state index contributed by atoms with van der Waals surface area (Å²) in [6.45, 7) is 7.55. The number of esters is 1. The zero-order valence-corrected chi connectivity index (χ0v) is 18.7. The molecule has 1 saturated heterocycles. The molecule has 8 heteroatoms. The van der Waals surface area contributed by atoms with Gasteiger partial charge in [-0.3, -0.25) is 14.4 Å². The minimum Gasteiger partial charge on any atom is -0.459 e. The van der Waals surface area contributed by atoms with Crippen LogP contribution in [0.2, 0.25) is 0 Å². The van der Waals surface area contributed by atoms with Gasteiger partial charge in [0.2, 0.25) is 17.7 Å². The molecule has 1 aromatic rings. The Labute approximate surface area is 183 Å². The molecule has 3 amide bonds. The summed E-state index contributed by atoms with van der Waals surface area (Å²) in [6.07, 6.45) is 1.74. The molecule has 1 aliphatic rings. The van der Waals surface area contributed by atoms with Gasteiger partial charge in [0.1, 0.15) is 24.7 Å². The van der Waals surface area contributed by atoms with Crippen molar-refractivity contribution in [3.63, 3.8) is 0 Å². The molecule has 0 saturated carbocycles. The highest BCUT2D eigenvalue weighted by molar-refractivity contribution is 5.93. The lowest BCUT2D eigenvalue weighted by molar-refractivity contribution is -0.150. The third kappa shape index (κ3) is 7.38. The van der Waals surface area contributed by atoms with Gasteiger partial charge in [0.15, 0.2) is 0 Å². The highest BCUT2D eigenvalue weighted by Gasteiger charge is 2.34. The Hall–Kier alpha value is -2.90. The summed E-state index contributed by atoms with van der Waals surface area (Å²) in [5, 5.41) is 5.37. The maximum atomic E-state index is 12.7. The number of ether oxygens (including phenoxy) is 1. The van der Waals surface area contributed by atoms with Crippen molar-refractivity contribution in [1.82, 2.24) is 15.5 Å². The minimum atomic E-state index is -0.849. The van der Waals surface area contributed by atoms with E-state index in [0.717, 1.165) is 12.0 Å². The van der Waals surface area contributed by atoms with Crippen molar-refractivity contribution in [1.29, 1.82) is 0 Å². The van der Waals surface area contributed by atoms with Crippen LogP contribution in [0.5, 0.6) is 0 Å². The van der Waals surface area contributed by atoms with Crippen LogP contribution in [0.4, 0.5) is 0 Å². The molecule has 1 aliphatic heterocycles. The lowest BCUT2D eigenvalue weighted by Gasteiger charge is -2.25. The second-order valence-corrected chi connectivity index (χ2v) is 8.38. The molecule has 0 spiro atoms. The van der Waals surface area contributed by atoms with E-state index < -0.39 is 30.0 Å². The summed E-state index contributed by atoms with van der Waals surface area (Å²) < 4.78 is 5.39. The van der Waals surface area contributed by atoms with Crippen molar-refractivity contribution < 1.29 is 23.9 Å². The van der Waals surface area contributed by atoms with Crippen LogP contribution in [0.15, 0.2) is 30.3 Å². The number of hydrogen-bond donors (Lipinski definition) is 2. The molecule has 2 N–H and O–H groups in total. The van der Waals surface area contributed by atoms with E-state index in [2.05, 4.69) is 10.6 Å². The van der Waals surface area contributed by atoms with Gasteiger partial charge in [-0.25, -0.2) is 4.79 Å². The van der Waals surface area contributed by atoms with Crippen molar-refractivity contribution in [2.24, 2.45) is 5.92 Å². The first-order valence-electron chi connectivity index (χ1n) is 10.8. The number of nitrogens with one attached hydrogen (secondary N) is 2. The van der Waals surface area contributed by atoms with Gasteiger partial charge in [-0.15, -0.1) is 0 Å². The van der Waals surface area contributed by atoms with E-state index in [4.69, 9.17) is 4.74 Å². The van der Waals surface area contributed by atoms with Crippen molar-refractivity contribution in [2.45, 2.75) is 71.7 Å². The highest BCUT2D eigenvalue weighted by atomic mass is 16.5. The van der Waals surface area contributed by atoms with Gasteiger partial charge in [-0.05, 0) is 37.7 Å². The molecule has 1 heterocycles. The predicted octanol–water partition coefficient (Wildman–Crippen LogP) is 1.78. The predicted molar refractivity (Wildman–Crippen MR) is 116 cm³/mol. The van der Waals surface area contributed by atoms with Crippen molar-refractivity contribution in [2.75, 3.05) is 6.54 Å². The van der Waals surface area contributed by atoms with Crippen LogP contribution in [-0.4, -0.2) is 53.3 Å². The van der Waals surface area contributed by atoms with E-state index in [9.17, 15) is 19.2 Å². The number of benzene rings is 1. The molecular formula is C23H33N3O5. The number of carbonyl (C=O) groups is 4. The van der Waals surface area contributed by atoms with Crippen molar-refractivity contribution >= 4 is 23.7 Å². The first kappa shape index (κ1) is 24.4. The molecule has 31 heavy (non-hydrogen) atoms. The van der Waals surface area contributed by atoms with Crippen LogP contribution in [0.3, 0.4) is 0 Å². The molecule has 0 aromatic heterocycles. The average molecular weight is 432 g/mol. The monoisotopic (exact) mass is 431 g/mol. The number of carbonyl (C=O) groups excluding carboxylic acids is 4. The highest BCUT2D eigenvalue weighted by Crippen LogP contribution is 2.17. The first-order chi connectivity index (χ1) is 14.7. The summed E-state index contributed by atoms with van der Waals surface area (Å²) in [7, 11) is 0. The fraction of sp³-hybridized carbons (Fsp3) is 0.565. The lowest BCUT2D eigenvalue weighted by Crippen LogP contribution is -2.54. The van der Waals surface area contributed by atoms with Gasteiger partial charge in [0.05, 0.1) is 0 Å². The Balaban J connectivity index is 1.93. The Morgan fingerprint density at radius 3 is 2.39 bits per heavy atom. The van der Waals surface area contributed by atoms with Gasteiger partial charge in [-0.1, -0.05) is 44.2 Å². The first-order valence-corrected chi connectivity index (χ1v) is 10.8. The third-order valence-corrected chi connectivity index (χ3v) is 5.24. The SMILES string of the molecule is CC(=O)N1CCCC1C(=O)NC(C)C(=O)NC(CC(C)C)C(=O)OCc1ccccc1. The van der Waals surface area contributed by atoms with E-state index in [1.165, 1.54) is 11.8 Å². The number of nitrogens with zero attached hydrogens (tertiary/aromatic N) is 1. The van der Waals surface area contributed by atoms with Crippen LogP contribution in [0.25, 0.3) is 0 Å². The molecular weight excluding hydrogens is 398 g/mol. The van der Waals surface area contributed by atoms with Gasteiger partial charge in [0, 0.05) is 13.5 Å². The molecule has 3 unspecified atom stereocenters. The second-order valence-electron chi connectivity index (χ2n) is 8.38. The molecule has 2 rings (SSSR count). The molecule has 0 bridgehead atoms. The number of amides is 3. The van der Waals surface area contributed by atoms with E-state index >= 15 is 0 Å². The summed E-state index contributed by atoms with van der Waals surface area (Å²) >= 11 is 0. The Morgan fingerprint density at radius 1 is 1.10 bits per heavy atom. The normalized spacial score (nSPS) is 17.7. The summed E-state index contributed by atoms with van der Waals surface area (Å²) in [5.41, 5.74) is 0.859. The topological polar surface area (TPSA) is 105 Å². The zero-order valence-electron chi connectivity index (χ0n) is 18.7. The number of rotatable bonds is 9. The number of likely N-dealkylation sites (tertiary alicyclic amines) is 1. The Morgan fingerprint density at radius 2 is 1.77 bits per heavy atom. The van der Waals surface area contributed by atoms with Crippen molar-refractivity contribution in [3.05, 3.63) is 35.9 Å². The summed E-state index contributed by atoms with van der Waals surface area (Å²) in [4.78, 5) is 51.0. The maximum absolute atomic E-state index is 12.7. The molecule has 0 radical (unpaired) electrons. The van der Waals surface area contributed by atoms with Crippen molar-refractivity contribution in [3.8, 4) is 0 Å². The smallest absolute Gasteiger partial charge is 0.328 e. The van der Waals surface area contributed by atoms with Crippen LogP contribution >= 0.6 is 0 Å². The Kier molecular flexibility index (Phi) is 9.03. The van der Waals surface area contributed by atoms with E-state index in [1.807, 2.05) is 44.2 Å². The van der Waals surface area contributed by atoms with Gasteiger partial charge in [-0.2, -0.15) is 0 Å². The summed E-state index contributed by atoms with van der Waals surface area (Å²) in [6, 6.07) is 7.09. The van der Waals surface area contributed by atoms with Gasteiger partial charge < -0.3 is 20.3 Å².